The molecule has 0 bridgehead atoms. The van der Waals surface area contributed by atoms with Crippen LogP contribution in [-0.2, 0) is 11.3 Å². The zero-order valence-corrected chi connectivity index (χ0v) is 16.5. The Morgan fingerprint density at radius 2 is 2.06 bits per heavy atom. The summed E-state index contributed by atoms with van der Waals surface area (Å²) in [6, 6.07) is 7.72. The molecule has 0 atom stereocenters. The molecule has 4 aromatic rings. The van der Waals surface area contributed by atoms with Gasteiger partial charge in [0.2, 0.25) is 5.95 Å². The number of benzene rings is 1. The zero-order valence-electron chi connectivity index (χ0n) is 16.5. The number of nitrogens with zero attached hydrogens (tertiary/aromatic N) is 6. The molecule has 2 aliphatic rings. The standard InChI is InChI=1S/C21H19N9O/c31-20-17(10-22-7-8-23-20)26-21-25-16-4-2-1-3-15(16)19-27-18(28-30(19)21)14-9-24-29(12-14)11-13-5-6-13/h1-4,7-10,12-13,22H,5-6,11H2,(H,23,31)(H,25,26). The monoisotopic (exact) mass is 413 g/mol. The molecule has 1 aromatic carbocycles. The number of carbonyl (C=O) groups excluding carboxylic acids is 1. The predicted molar refractivity (Wildman–Crippen MR) is 114 cm³/mol. The second-order valence-corrected chi connectivity index (χ2v) is 7.67. The van der Waals surface area contributed by atoms with Crippen LogP contribution in [-0.4, -0.2) is 35.3 Å². The van der Waals surface area contributed by atoms with Gasteiger partial charge in [0.05, 0.1) is 17.3 Å². The highest BCUT2D eigenvalue weighted by Crippen LogP contribution is 2.31. The van der Waals surface area contributed by atoms with Gasteiger partial charge >= 0.3 is 0 Å². The Labute approximate surface area is 176 Å². The van der Waals surface area contributed by atoms with E-state index in [2.05, 4.69) is 31.1 Å². The summed E-state index contributed by atoms with van der Waals surface area (Å²) in [7, 11) is 0. The fourth-order valence-corrected chi connectivity index (χ4v) is 3.56. The van der Waals surface area contributed by atoms with E-state index >= 15 is 0 Å². The first-order valence-corrected chi connectivity index (χ1v) is 10.1. The molecule has 10 heteroatoms. The fourth-order valence-electron chi connectivity index (χ4n) is 3.56. The molecule has 31 heavy (non-hydrogen) atoms. The van der Waals surface area contributed by atoms with Gasteiger partial charge in [-0.3, -0.25) is 9.48 Å². The molecule has 6 rings (SSSR count). The number of hydrogen-bond donors (Lipinski definition) is 3. The van der Waals surface area contributed by atoms with Crippen LogP contribution in [0, 0.1) is 5.92 Å². The first-order chi connectivity index (χ1) is 15.2. The van der Waals surface area contributed by atoms with Crippen molar-refractivity contribution in [3.63, 3.8) is 0 Å². The van der Waals surface area contributed by atoms with Crippen LogP contribution in [0.25, 0.3) is 27.9 Å². The second-order valence-electron chi connectivity index (χ2n) is 7.67. The topological polar surface area (TPSA) is 114 Å². The Morgan fingerprint density at radius 3 is 2.97 bits per heavy atom. The summed E-state index contributed by atoms with van der Waals surface area (Å²) in [6.07, 6.45) is 11.0. The summed E-state index contributed by atoms with van der Waals surface area (Å²) in [4.78, 5) is 21.8. The van der Waals surface area contributed by atoms with E-state index in [0.29, 0.717) is 23.1 Å². The molecule has 1 fully saturated rings. The largest absolute Gasteiger partial charge is 0.364 e. The van der Waals surface area contributed by atoms with Crippen molar-refractivity contribution >= 4 is 28.4 Å². The van der Waals surface area contributed by atoms with Gasteiger partial charge < -0.3 is 16.0 Å². The number of fused-ring (bicyclic) bond motifs is 3. The number of anilines is 1. The third kappa shape index (κ3) is 3.27. The van der Waals surface area contributed by atoms with E-state index in [-0.39, 0.29) is 5.91 Å². The van der Waals surface area contributed by atoms with Gasteiger partial charge in [-0.05, 0) is 30.9 Å². The Balaban J connectivity index is 1.45. The first kappa shape index (κ1) is 17.6. The van der Waals surface area contributed by atoms with Gasteiger partial charge in [-0.25, -0.2) is 9.97 Å². The van der Waals surface area contributed by atoms with Crippen molar-refractivity contribution in [2.45, 2.75) is 19.4 Å². The Kier molecular flexibility index (Phi) is 3.95. The molecule has 1 aliphatic heterocycles. The lowest BCUT2D eigenvalue weighted by atomic mass is 10.2. The maximum absolute atomic E-state index is 12.3. The number of nitrogens with one attached hydrogen (secondary N) is 3. The quantitative estimate of drug-likeness (QED) is 0.458. The van der Waals surface area contributed by atoms with E-state index in [1.54, 1.807) is 23.1 Å². The van der Waals surface area contributed by atoms with Crippen LogP contribution >= 0.6 is 0 Å². The number of rotatable bonds is 5. The molecule has 0 spiro atoms. The SMILES string of the molecule is O=C1NC=CNC=C1Nc1nc2ccccc2c2nc(-c3cnn(CC4CC4)c3)nn12. The molecule has 1 aliphatic carbocycles. The molecule has 1 saturated carbocycles. The maximum atomic E-state index is 12.3. The van der Waals surface area contributed by atoms with Crippen LogP contribution in [0.3, 0.4) is 0 Å². The molecule has 3 aromatic heterocycles. The minimum atomic E-state index is -0.286. The fraction of sp³-hybridized carbons (Fsp3) is 0.190. The summed E-state index contributed by atoms with van der Waals surface area (Å²) in [5.41, 5.74) is 2.56. The van der Waals surface area contributed by atoms with Crippen molar-refractivity contribution < 1.29 is 4.79 Å². The van der Waals surface area contributed by atoms with Gasteiger partial charge in [0.1, 0.15) is 5.70 Å². The third-order valence-electron chi connectivity index (χ3n) is 5.33. The highest BCUT2D eigenvalue weighted by atomic mass is 16.2. The maximum Gasteiger partial charge on any atom is 0.273 e. The molecule has 0 radical (unpaired) electrons. The smallest absolute Gasteiger partial charge is 0.273 e. The molecule has 1 amide bonds. The van der Waals surface area contributed by atoms with Crippen LogP contribution < -0.4 is 16.0 Å². The van der Waals surface area contributed by atoms with Crippen molar-refractivity contribution in [1.82, 2.24) is 40.0 Å². The van der Waals surface area contributed by atoms with Crippen molar-refractivity contribution in [3.8, 4) is 11.4 Å². The van der Waals surface area contributed by atoms with Crippen LogP contribution in [0.2, 0.25) is 0 Å². The lowest BCUT2D eigenvalue weighted by Gasteiger charge is -2.10. The Morgan fingerprint density at radius 1 is 1.16 bits per heavy atom. The zero-order chi connectivity index (χ0) is 20.8. The minimum Gasteiger partial charge on any atom is -0.364 e. The highest BCUT2D eigenvalue weighted by Gasteiger charge is 2.23. The minimum absolute atomic E-state index is 0.286. The molecule has 4 heterocycles. The molecule has 10 nitrogen and oxygen atoms in total. The second kappa shape index (κ2) is 6.94. The van der Waals surface area contributed by atoms with E-state index in [1.165, 1.54) is 19.0 Å². The summed E-state index contributed by atoms with van der Waals surface area (Å²) < 4.78 is 3.58. The van der Waals surface area contributed by atoms with Gasteiger partial charge in [-0.2, -0.15) is 9.61 Å². The van der Waals surface area contributed by atoms with Crippen LogP contribution in [0.15, 0.2) is 61.0 Å². The third-order valence-corrected chi connectivity index (χ3v) is 5.33. The molecular weight excluding hydrogens is 394 g/mol. The summed E-state index contributed by atoms with van der Waals surface area (Å²) >= 11 is 0. The number of amides is 1. The Hall–Kier alpha value is -4.21. The molecular formula is C21H19N9O. The van der Waals surface area contributed by atoms with Crippen LogP contribution in [0.1, 0.15) is 12.8 Å². The number of carbonyl (C=O) groups is 1. The van der Waals surface area contributed by atoms with Gasteiger partial charge in [0.15, 0.2) is 11.5 Å². The molecule has 3 N–H and O–H groups in total. The van der Waals surface area contributed by atoms with E-state index < -0.39 is 0 Å². The molecule has 0 saturated heterocycles. The first-order valence-electron chi connectivity index (χ1n) is 10.1. The van der Waals surface area contributed by atoms with Gasteiger partial charge in [0, 0.05) is 36.7 Å². The van der Waals surface area contributed by atoms with E-state index in [1.807, 2.05) is 35.1 Å². The number of para-hydroxylation sites is 1. The average molecular weight is 413 g/mol. The van der Waals surface area contributed by atoms with Crippen molar-refractivity contribution in [2.24, 2.45) is 5.92 Å². The highest BCUT2D eigenvalue weighted by molar-refractivity contribution is 5.98. The van der Waals surface area contributed by atoms with Crippen LogP contribution in [0.5, 0.6) is 0 Å². The lowest BCUT2D eigenvalue weighted by molar-refractivity contribution is -0.116. The van der Waals surface area contributed by atoms with Gasteiger partial charge in [0.25, 0.3) is 5.91 Å². The van der Waals surface area contributed by atoms with E-state index in [4.69, 9.17) is 4.98 Å². The van der Waals surface area contributed by atoms with E-state index in [0.717, 1.165) is 28.9 Å². The van der Waals surface area contributed by atoms with E-state index in [9.17, 15) is 4.79 Å². The Bertz CT molecular complexity index is 1380. The van der Waals surface area contributed by atoms with Crippen molar-refractivity contribution in [1.29, 1.82) is 0 Å². The van der Waals surface area contributed by atoms with Gasteiger partial charge in [-0.15, -0.1) is 5.10 Å². The predicted octanol–water partition coefficient (Wildman–Crippen LogP) is 1.99. The number of aromatic nitrogens is 6. The molecule has 154 valence electrons. The van der Waals surface area contributed by atoms with Crippen molar-refractivity contribution in [2.75, 3.05) is 5.32 Å². The molecule has 0 unspecified atom stereocenters. The van der Waals surface area contributed by atoms with Crippen molar-refractivity contribution in [3.05, 3.63) is 61.0 Å². The summed E-state index contributed by atoms with van der Waals surface area (Å²) in [5, 5.41) is 18.7. The lowest BCUT2D eigenvalue weighted by Crippen LogP contribution is -2.24. The van der Waals surface area contributed by atoms with Gasteiger partial charge in [-0.1, -0.05) is 12.1 Å². The summed E-state index contributed by atoms with van der Waals surface area (Å²) in [5.74, 6) is 1.39. The number of hydrogen-bond acceptors (Lipinski definition) is 7. The van der Waals surface area contributed by atoms with Crippen LogP contribution in [0.4, 0.5) is 5.95 Å². The normalized spacial score (nSPS) is 16.1. The average Bonchev–Trinajstić information content (AvgIpc) is 3.34. The summed E-state index contributed by atoms with van der Waals surface area (Å²) in [6.45, 7) is 0.926.